The smallest absolute Gasteiger partial charge is 0.296 e. The van der Waals surface area contributed by atoms with Gasteiger partial charge in [0.2, 0.25) is 5.76 Å². The van der Waals surface area contributed by atoms with Crippen LogP contribution in [0.4, 0.5) is 10.2 Å². The van der Waals surface area contributed by atoms with Crippen molar-refractivity contribution in [3.05, 3.63) is 105 Å². The number of benzene rings is 2. The lowest BCUT2D eigenvalue weighted by Gasteiger charge is -2.24. The summed E-state index contributed by atoms with van der Waals surface area (Å²) in [5.41, 5.74) is 1.19. The molecule has 0 N–H and O–H groups in total. The van der Waals surface area contributed by atoms with Gasteiger partial charge >= 0.3 is 0 Å². The zero-order valence-electron chi connectivity index (χ0n) is 15.4. The van der Waals surface area contributed by atoms with E-state index in [0.717, 1.165) is 5.56 Å². The van der Waals surface area contributed by atoms with Gasteiger partial charge in [-0.1, -0.05) is 30.3 Å². The van der Waals surface area contributed by atoms with Crippen LogP contribution < -0.4 is 10.3 Å². The quantitative estimate of drug-likeness (QED) is 0.513. The predicted molar refractivity (Wildman–Crippen MR) is 107 cm³/mol. The molecule has 2 aromatic heterocycles. The number of carbonyl (C=O) groups is 1. The van der Waals surface area contributed by atoms with Gasteiger partial charge in [0, 0.05) is 11.8 Å². The van der Waals surface area contributed by atoms with Gasteiger partial charge in [0.25, 0.3) is 5.91 Å². The molecule has 0 radical (unpaired) electrons. The first-order valence-corrected chi connectivity index (χ1v) is 9.12. The lowest BCUT2D eigenvalue weighted by atomic mass is 9.98. The van der Waals surface area contributed by atoms with E-state index in [1.165, 1.54) is 11.0 Å². The fourth-order valence-electron chi connectivity index (χ4n) is 3.80. The van der Waals surface area contributed by atoms with Crippen molar-refractivity contribution >= 4 is 22.7 Å². The van der Waals surface area contributed by atoms with Crippen LogP contribution in [0.1, 0.15) is 33.3 Å². The Morgan fingerprint density at radius 1 is 1.03 bits per heavy atom. The summed E-state index contributed by atoms with van der Waals surface area (Å²) < 4.78 is 20.6. The summed E-state index contributed by atoms with van der Waals surface area (Å²) in [5, 5.41) is 0.347. The molecule has 1 atom stereocenters. The molecule has 1 aliphatic rings. The summed E-state index contributed by atoms with van der Waals surface area (Å²) >= 11 is 0. The molecule has 0 saturated heterocycles. The number of nitrogens with zero attached hydrogens (tertiary/aromatic N) is 2. The zero-order valence-corrected chi connectivity index (χ0v) is 15.4. The molecule has 5 nitrogen and oxygen atoms in total. The topological polar surface area (TPSA) is 63.4 Å². The highest BCUT2D eigenvalue weighted by atomic mass is 19.1. The Labute approximate surface area is 165 Å². The highest BCUT2D eigenvalue weighted by Gasteiger charge is 2.45. The summed E-state index contributed by atoms with van der Waals surface area (Å²) in [6.45, 7) is 1.87. The van der Waals surface area contributed by atoms with Gasteiger partial charge in [0.15, 0.2) is 5.43 Å². The zero-order chi connectivity index (χ0) is 20.1. The molecule has 29 heavy (non-hydrogen) atoms. The fraction of sp³-hybridized carbons (Fsp3) is 0.0870. The van der Waals surface area contributed by atoms with E-state index in [9.17, 15) is 14.0 Å². The Morgan fingerprint density at radius 2 is 1.79 bits per heavy atom. The third-order valence-corrected chi connectivity index (χ3v) is 5.13. The number of anilines is 1. The Balaban J connectivity index is 1.86. The van der Waals surface area contributed by atoms with Crippen LogP contribution in [0.25, 0.3) is 11.0 Å². The number of aromatic nitrogens is 1. The third-order valence-electron chi connectivity index (χ3n) is 5.13. The Bertz CT molecular complexity index is 1350. The van der Waals surface area contributed by atoms with Crippen LogP contribution in [0.3, 0.4) is 0 Å². The molecule has 0 unspecified atom stereocenters. The molecule has 2 aromatic carbocycles. The average Bonchev–Trinajstić information content (AvgIpc) is 3.01. The average molecular weight is 386 g/mol. The standard InChI is InChI=1S/C23H15FN2O3/c1-13-10-11-25-18(12-13)26-20(14-6-2-4-8-16(14)24)19-21(27)15-7-3-5-9-17(15)29-22(19)23(26)28/h2-12,20H,1H3/t20-/m0/s1. The van der Waals surface area contributed by atoms with E-state index in [1.807, 2.05) is 6.92 Å². The molecule has 142 valence electrons. The van der Waals surface area contributed by atoms with Crippen LogP contribution in [-0.2, 0) is 0 Å². The van der Waals surface area contributed by atoms with Crippen molar-refractivity contribution in [1.82, 2.24) is 4.98 Å². The lowest BCUT2D eigenvalue weighted by molar-refractivity contribution is 0.0970. The molecule has 1 amide bonds. The molecule has 0 saturated carbocycles. The number of carbonyl (C=O) groups excluding carboxylic acids is 1. The second kappa shape index (κ2) is 6.38. The first kappa shape index (κ1) is 17.3. The van der Waals surface area contributed by atoms with Crippen molar-refractivity contribution in [3.63, 3.8) is 0 Å². The number of hydrogen-bond acceptors (Lipinski definition) is 4. The highest BCUT2D eigenvalue weighted by Crippen LogP contribution is 2.41. The van der Waals surface area contributed by atoms with Gasteiger partial charge in [-0.05, 0) is 42.8 Å². The Hall–Kier alpha value is -3.80. The van der Waals surface area contributed by atoms with E-state index in [1.54, 1.807) is 60.8 Å². The van der Waals surface area contributed by atoms with Crippen molar-refractivity contribution in [3.8, 4) is 0 Å². The number of aryl methyl sites for hydroxylation is 1. The number of halogens is 1. The minimum atomic E-state index is -0.964. The highest BCUT2D eigenvalue weighted by molar-refractivity contribution is 6.10. The summed E-state index contributed by atoms with van der Waals surface area (Å²) in [4.78, 5) is 32.3. The molecule has 0 spiro atoms. The van der Waals surface area contributed by atoms with Crippen molar-refractivity contribution < 1.29 is 13.6 Å². The fourth-order valence-corrected chi connectivity index (χ4v) is 3.80. The van der Waals surface area contributed by atoms with Crippen molar-refractivity contribution in [2.24, 2.45) is 0 Å². The maximum absolute atomic E-state index is 14.8. The predicted octanol–water partition coefficient (Wildman–Crippen LogP) is 4.39. The normalized spacial score (nSPS) is 15.7. The third kappa shape index (κ3) is 2.56. The van der Waals surface area contributed by atoms with Gasteiger partial charge in [-0.15, -0.1) is 0 Å². The number of hydrogen-bond donors (Lipinski definition) is 0. The second-order valence-electron chi connectivity index (χ2n) is 6.96. The van der Waals surface area contributed by atoms with E-state index >= 15 is 0 Å². The molecule has 1 aliphatic heterocycles. The van der Waals surface area contributed by atoms with Gasteiger partial charge < -0.3 is 4.42 Å². The van der Waals surface area contributed by atoms with E-state index in [4.69, 9.17) is 4.42 Å². The Morgan fingerprint density at radius 3 is 2.59 bits per heavy atom. The summed E-state index contributed by atoms with van der Waals surface area (Å²) in [6, 6.07) is 15.4. The van der Waals surface area contributed by atoms with Gasteiger partial charge in [-0.2, -0.15) is 0 Å². The van der Waals surface area contributed by atoms with E-state index in [-0.39, 0.29) is 22.3 Å². The molecule has 0 bridgehead atoms. The number of pyridine rings is 1. The van der Waals surface area contributed by atoms with Crippen LogP contribution in [0.5, 0.6) is 0 Å². The van der Waals surface area contributed by atoms with Crippen molar-refractivity contribution in [2.75, 3.05) is 4.90 Å². The second-order valence-corrected chi connectivity index (χ2v) is 6.96. The monoisotopic (exact) mass is 386 g/mol. The van der Waals surface area contributed by atoms with E-state index in [2.05, 4.69) is 4.98 Å². The lowest BCUT2D eigenvalue weighted by Crippen LogP contribution is -2.30. The van der Waals surface area contributed by atoms with Crippen LogP contribution in [0.2, 0.25) is 0 Å². The van der Waals surface area contributed by atoms with Gasteiger partial charge in [-0.25, -0.2) is 9.37 Å². The number of amides is 1. The van der Waals surface area contributed by atoms with Crippen LogP contribution in [0.15, 0.2) is 76.1 Å². The van der Waals surface area contributed by atoms with E-state index < -0.39 is 17.8 Å². The minimum absolute atomic E-state index is 0.0785. The molecule has 3 heterocycles. The van der Waals surface area contributed by atoms with Crippen molar-refractivity contribution in [2.45, 2.75) is 13.0 Å². The largest absolute Gasteiger partial charge is 0.450 e. The molecule has 6 heteroatoms. The van der Waals surface area contributed by atoms with Crippen LogP contribution in [-0.4, -0.2) is 10.9 Å². The molecular weight excluding hydrogens is 371 g/mol. The first-order valence-electron chi connectivity index (χ1n) is 9.12. The minimum Gasteiger partial charge on any atom is -0.450 e. The Kier molecular flexibility index (Phi) is 3.81. The molecule has 5 rings (SSSR count). The number of fused-ring (bicyclic) bond motifs is 2. The van der Waals surface area contributed by atoms with Gasteiger partial charge in [0.1, 0.15) is 17.2 Å². The first-order chi connectivity index (χ1) is 14.1. The maximum atomic E-state index is 14.8. The maximum Gasteiger partial charge on any atom is 0.296 e. The van der Waals surface area contributed by atoms with Crippen molar-refractivity contribution in [1.29, 1.82) is 0 Å². The SMILES string of the molecule is Cc1ccnc(N2C(=O)c3oc4ccccc4c(=O)c3[C@@H]2c2ccccc2F)c1. The molecule has 0 fully saturated rings. The molecule has 4 aromatic rings. The van der Waals surface area contributed by atoms with Gasteiger partial charge in [0.05, 0.1) is 17.0 Å². The summed E-state index contributed by atoms with van der Waals surface area (Å²) in [6.07, 6.45) is 1.57. The van der Waals surface area contributed by atoms with Crippen LogP contribution >= 0.6 is 0 Å². The number of para-hydroxylation sites is 1. The summed E-state index contributed by atoms with van der Waals surface area (Å²) in [7, 11) is 0. The summed E-state index contributed by atoms with van der Waals surface area (Å²) in [5.74, 6) is -0.777. The molecular formula is C23H15FN2O3. The molecule has 0 aliphatic carbocycles. The van der Waals surface area contributed by atoms with Crippen LogP contribution in [0, 0.1) is 12.7 Å². The number of rotatable bonds is 2. The van der Waals surface area contributed by atoms with E-state index in [0.29, 0.717) is 16.8 Å². The van der Waals surface area contributed by atoms with Gasteiger partial charge in [-0.3, -0.25) is 14.5 Å².